The highest BCUT2D eigenvalue weighted by molar-refractivity contribution is 6.30. The molecule has 0 aliphatic heterocycles. The number of hydrogen-bond acceptors (Lipinski definition) is 4. The van der Waals surface area contributed by atoms with E-state index in [2.05, 4.69) is 0 Å². The lowest BCUT2D eigenvalue weighted by molar-refractivity contribution is -0.521. The van der Waals surface area contributed by atoms with Gasteiger partial charge in [0.15, 0.2) is 0 Å². The second kappa shape index (κ2) is 10.3. The van der Waals surface area contributed by atoms with E-state index in [0.717, 1.165) is 11.1 Å². The van der Waals surface area contributed by atoms with E-state index in [0.29, 0.717) is 10.0 Å². The van der Waals surface area contributed by atoms with E-state index in [1.165, 1.54) is 0 Å². The number of halogens is 2. The van der Waals surface area contributed by atoms with Crippen molar-refractivity contribution in [3.05, 3.63) is 91.0 Å². The molecule has 0 aliphatic rings. The number of nitro groups is 1. The largest absolute Gasteiger partial charge is 0.264 e. The van der Waals surface area contributed by atoms with E-state index in [-0.39, 0.29) is 24.0 Å². The van der Waals surface area contributed by atoms with Gasteiger partial charge in [0.25, 0.3) is 0 Å². The Hall–Kier alpha value is -3.12. The summed E-state index contributed by atoms with van der Waals surface area (Å²) in [5.74, 6) is 0. The van der Waals surface area contributed by atoms with Gasteiger partial charge in [-0.15, -0.1) is 0 Å². The Kier molecular flexibility index (Phi) is 7.77. The predicted molar refractivity (Wildman–Crippen MR) is 110 cm³/mol. The van der Waals surface area contributed by atoms with Gasteiger partial charge in [0.05, 0.1) is 25.0 Å². The van der Waals surface area contributed by atoms with Crippen molar-refractivity contribution < 1.29 is 4.92 Å². The van der Waals surface area contributed by atoms with E-state index >= 15 is 0 Å². The molecule has 0 N–H and O–H groups in total. The van der Waals surface area contributed by atoms with Gasteiger partial charge >= 0.3 is 0 Å². The normalized spacial score (nSPS) is 12.7. The van der Waals surface area contributed by atoms with Crippen LogP contribution in [0.15, 0.2) is 59.7 Å². The van der Waals surface area contributed by atoms with Gasteiger partial charge in [-0.25, -0.2) is 0 Å². The number of hydrogen-bond donors (Lipinski definition) is 0. The highest BCUT2D eigenvalue weighted by atomic mass is 35.5. The molecule has 0 spiro atoms. The van der Waals surface area contributed by atoms with Crippen molar-refractivity contribution in [3.8, 4) is 12.1 Å². The van der Waals surface area contributed by atoms with Crippen LogP contribution in [0, 0.1) is 32.8 Å². The molecule has 0 fully saturated rings. The molecule has 2 aromatic rings. The minimum atomic E-state index is -1.09. The van der Waals surface area contributed by atoms with Crippen molar-refractivity contribution in [3.63, 3.8) is 0 Å². The molecule has 7 heteroatoms. The summed E-state index contributed by atoms with van der Waals surface area (Å²) in [6, 6.07) is 16.5. The first kappa shape index (κ1) is 21.2. The zero-order valence-corrected chi connectivity index (χ0v) is 16.2. The molecular weight excluding hydrogens is 397 g/mol. The lowest BCUT2D eigenvalue weighted by Crippen LogP contribution is -2.20. The predicted octanol–water partition coefficient (Wildman–Crippen LogP) is 5.93. The Morgan fingerprint density at radius 1 is 0.893 bits per heavy atom. The molecule has 28 heavy (non-hydrogen) atoms. The number of nitrogens with zero attached hydrogens (tertiary/aromatic N) is 3. The molecule has 140 valence electrons. The van der Waals surface area contributed by atoms with Gasteiger partial charge in [-0.2, -0.15) is 10.5 Å². The molecule has 0 unspecified atom stereocenters. The summed E-state index contributed by atoms with van der Waals surface area (Å²) in [7, 11) is 0. The lowest BCUT2D eigenvalue weighted by Gasteiger charge is -2.09. The van der Waals surface area contributed by atoms with E-state index in [4.69, 9.17) is 23.2 Å². The topological polar surface area (TPSA) is 90.7 Å². The summed E-state index contributed by atoms with van der Waals surface area (Å²) in [4.78, 5) is 11.0. The summed E-state index contributed by atoms with van der Waals surface area (Å²) in [5, 5.41) is 31.3. The molecule has 0 bridgehead atoms. The highest BCUT2D eigenvalue weighted by Crippen LogP contribution is 2.21. The van der Waals surface area contributed by atoms with Crippen molar-refractivity contribution >= 4 is 35.4 Å². The molecule has 0 atom stereocenters. The Bertz CT molecular complexity index is 907. The maximum Gasteiger partial charge on any atom is 0.222 e. The van der Waals surface area contributed by atoms with E-state index in [9.17, 15) is 20.6 Å². The minimum absolute atomic E-state index is 0.0776. The van der Waals surface area contributed by atoms with Crippen LogP contribution in [-0.2, 0) is 0 Å². The second-order valence-electron chi connectivity index (χ2n) is 6.01. The Labute approximate surface area is 172 Å². The summed E-state index contributed by atoms with van der Waals surface area (Å²) in [6.07, 6.45) is 3.01. The molecule has 0 radical (unpaired) electrons. The fraction of sp³-hybridized carbons (Fsp3) is 0.143. The van der Waals surface area contributed by atoms with Crippen molar-refractivity contribution in [1.29, 1.82) is 10.5 Å². The molecule has 0 amide bonds. The number of benzene rings is 2. The molecule has 2 rings (SSSR count). The van der Waals surface area contributed by atoms with Crippen LogP contribution in [0.3, 0.4) is 0 Å². The molecule has 0 aliphatic carbocycles. The van der Waals surface area contributed by atoms with Gasteiger partial charge in [-0.3, -0.25) is 10.1 Å². The van der Waals surface area contributed by atoms with Crippen LogP contribution in [0.25, 0.3) is 12.2 Å². The summed E-state index contributed by atoms with van der Waals surface area (Å²) in [6.45, 7) is 0. The van der Waals surface area contributed by atoms with Gasteiger partial charge in [-0.05, 0) is 47.5 Å². The first-order valence-electron chi connectivity index (χ1n) is 8.27. The third kappa shape index (κ3) is 6.55. The first-order valence-corrected chi connectivity index (χ1v) is 9.03. The molecule has 2 aromatic carbocycles. The van der Waals surface area contributed by atoms with Crippen molar-refractivity contribution in [2.45, 2.75) is 18.9 Å². The number of rotatable bonds is 7. The van der Waals surface area contributed by atoms with Crippen molar-refractivity contribution in [2.75, 3.05) is 0 Å². The monoisotopic (exact) mass is 411 g/mol. The van der Waals surface area contributed by atoms with Crippen molar-refractivity contribution in [2.24, 2.45) is 0 Å². The first-order chi connectivity index (χ1) is 13.4. The van der Waals surface area contributed by atoms with E-state index in [1.807, 2.05) is 12.1 Å². The maximum atomic E-state index is 11.5. The maximum absolute atomic E-state index is 11.5. The van der Waals surface area contributed by atoms with Gasteiger partial charge in [-0.1, -0.05) is 47.5 Å². The van der Waals surface area contributed by atoms with Gasteiger partial charge in [0.1, 0.15) is 0 Å². The van der Waals surface area contributed by atoms with E-state index in [1.54, 1.807) is 60.7 Å². The van der Waals surface area contributed by atoms with Crippen LogP contribution in [0.4, 0.5) is 0 Å². The van der Waals surface area contributed by atoms with Gasteiger partial charge < -0.3 is 0 Å². The molecule has 0 saturated heterocycles. The molecule has 5 nitrogen and oxygen atoms in total. The van der Waals surface area contributed by atoms with Crippen LogP contribution in [-0.4, -0.2) is 11.0 Å². The summed E-state index contributed by atoms with van der Waals surface area (Å²) >= 11 is 11.7. The smallest absolute Gasteiger partial charge is 0.222 e. The van der Waals surface area contributed by atoms with Gasteiger partial charge in [0.2, 0.25) is 6.04 Å². The van der Waals surface area contributed by atoms with Crippen LogP contribution >= 0.6 is 23.2 Å². The molecular formula is C21H15Cl2N3O2. The van der Waals surface area contributed by atoms with E-state index < -0.39 is 11.0 Å². The standard InChI is InChI=1S/C21H15Cl2N3O2/c22-19-5-1-15(2-6-19)9-17(13-24)11-21(26(27)28)12-18(14-25)10-16-3-7-20(23)8-4-16/h1-10,21H,11-12H2/b17-9-,18-10-. The Morgan fingerprint density at radius 2 is 1.25 bits per heavy atom. The zero-order chi connectivity index (χ0) is 20.5. The minimum Gasteiger partial charge on any atom is -0.264 e. The molecule has 0 heterocycles. The van der Waals surface area contributed by atoms with Crippen LogP contribution in [0.5, 0.6) is 0 Å². The SMILES string of the molecule is N#C/C(=C\c1ccc(Cl)cc1)CC(C/C(C#N)=C/c1ccc(Cl)cc1)[N+](=O)[O-]. The zero-order valence-electron chi connectivity index (χ0n) is 14.7. The fourth-order valence-electron chi connectivity index (χ4n) is 2.52. The Balaban J connectivity index is 2.20. The third-order valence-electron chi connectivity index (χ3n) is 3.92. The number of nitriles is 2. The quantitative estimate of drug-likeness (QED) is 0.320. The fourth-order valence-corrected chi connectivity index (χ4v) is 2.77. The van der Waals surface area contributed by atoms with Crippen LogP contribution in [0.2, 0.25) is 10.0 Å². The van der Waals surface area contributed by atoms with Crippen molar-refractivity contribution in [1.82, 2.24) is 0 Å². The van der Waals surface area contributed by atoms with Gasteiger partial charge in [0, 0.05) is 26.1 Å². The second-order valence-corrected chi connectivity index (χ2v) is 6.89. The average molecular weight is 412 g/mol. The van der Waals surface area contributed by atoms with Crippen LogP contribution < -0.4 is 0 Å². The molecule has 0 saturated carbocycles. The Morgan fingerprint density at radius 3 is 1.54 bits per heavy atom. The highest BCUT2D eigenvalue weighted by Gasteiger charge is 2.24. The summed E-state index contributed by atoms with van der Waals surface area (Å²) in [5.41, 5.74) is 1.96. The molecule has 0 aromatic heterocycles. The van der Waals surface area contributed by atoms with Crippen LogP contribution in [0.1, 0.15) is 24.0 Å². The summed E-state index contributed by atoms with van der Waals surface area (Å²) < 4.78 is 0. The third-order valence-corrected chi connectivity index (χ3v) is 4.42. The lowest BCUT2D eigenvalue weighted by atomic mass is 9.98. The average Bonchev–Trinajstić information content (AvgIpc) is 2.69.